The number of amides is 1. The maximum atomic E-state index is 14.8. The second-order valence-electron chi connectivity index (χ2n) is 11.0. The molecular formula is C30H29F2N7O3. The van der Waals surface area contributed by atoms with Crippen LogP contribution >= 0.6 is 0 Å². The van der Waals surface area contributed by atoms with Crippen molar-refractivity contribution in [2.45, 2.75) is 44.9 Å². The Balaban J connectivity index is 1.35. The molecule has 2 N–H and O–H groups in total. The third-order valence-electron chi connectivity index (χ3n) is 6.88. The minimum atomic E-state index is -2.02. The summed E-state index contributed by atoms with van der Waals surface area (Å²) in [6.45, 7) is 5.57. The van der Waals surface area contributed by atoms with E-state index in [1.54, 1.807) is 36.4 Å². The van der Waals surface area contributed by atoms with E-state index in [-0.39, 0.29) is 23.4 Å². The number of halogens is 2. The highest BCUT2D eigenvalue weighted by Gasteiger charge is 2.35. The topological polar surface area (TPSA) is 120 Å². The highest BCUT2D eigenvalue weighted by atomic mass is 19.1. The van der Waals surface area contributed by atoms with Crippen LogP contribution in [0.25, 0.3) is 5.69 Å². The largest absolute Gasteiger partial charge is 0.381 e. The normalized spacial score (nSPS) is 13.1. The molecule has 10 nitrogen and oxygen atoms in total. The Morgan fingerprint density at radius 2 is 1.64 bits per heavy atom. The van der Waals surface area contributed by atoms with Crippen molar-refractivity contribution in [2.24, 2.45) is 0 Å². The summed E-state index contributed by atoms with van der Waals surface area (Å²) in [5, 5.41) is 22.5. The number of hydrogen-bond donors (Lipinski definition) is 2. The van der Waals surface area contributed by atoms with Crippen molar-refractivity contribution in [3.8, 4) is 5.69 Å². The van der Waals surface area contributed by atoms with Crippen LogP contribution < -0.4 is 11.0 Å². The van der Waals surface area contributed by atoms with E-state index in [0.717, 1.165) is 22.4 Å². The fourth-order valence-electron chi connectivity index (χ4n) is 4.57. The van der Waals surface area contributed by atoms with Crippen molar-refractivity contribution in [2.75, 3.05) is 5.32 Å². The Morgan fingerprint density at radius 3 is 2.26 bits per heavy atom. The van der Waals surface area contributed by atoms with Crippen molar-refractivity contribution >= 4 is 11.6 Å². The summed E-state index contributed by atoms with van der Waals surface area (Å²) in [7, 11) is 0. The van der Waals surface area contributed by atoms with Crippen LogP contribution in [-0.2, 0) is 24.1 Å². The molecule has 0 saturated heterocycles. The Morgan fingerprint density at radius 1 is 0.929 bits per heavy atom. The summed E-state index contributed by atoms with van der Waals surface area (Å²) in [5.74, 6) is -2.06. The molecule has 5 aromatic rings. The standard InChI is InChI=1S/C30H29F2N7O3/c1-29(2,3)21-6-4-20(5-7-21)27(40)36-23-9-11-24(12-10-23)38-19-35-39(28(38)41)16-30(42,15-37-18-33-17-34-37)25-13-8-22(31)14-26(25)32/h4-14,17-19,42H,15-16H2,1-3H3,(H,36,40)/t30-/m0/s1. The maximum Gasteiger partial charge on any atom is 0.350 e. The molecule has 42 heavy (non-hydrogen) atoms. The van der Waals surface area contributed by atoms with Gasteiger partial charge in [-0.1, -0.05) is 39.0 Å². The molecule has 0 saturated carbocycles. The molecule has 2 heterocycles. The van der Waals surface area contributed by atoms with Gasteiger partial charge in [0, 0.05) is 22.9 Å². The van der Waals surface area contributed by atoms with Gasteiger partial charge in [0.05, 0.1) is 18.8 Å². The van der Waals surface area contributed by atoms with Crippen LogP contribution in [0.2, 0.25) is 0 Å². The van der Waals surface area contributed by atoms with E-state index in [9.17, 15) is 23.5 Å². The number of nitrogens with one attached hydrogen (secondary N) is 1. The van der Waals surface area contributed by atoms with Gasteiger partial charge in [0.2, 0.25) is 0 Å². The van der Waals surface area contributed by atoms with Crippen LogP contribution in [0.5, 0.6) is 0 Å². The van der Waals surface area contributed by atoms with Crippen LogP contribution in [0.4, 0.5) is 14.5 Å². The van der Waals surface area contributed by atoms with Gasteiger partial charge in [-0.15, -0.1) is 0 Å². The molecule has 0 bridgehead atoms. The number of rotatable bonds is 8. The minimum absolute atomic E-state index is 0.0240. The first kappa shape index (κ1) is 28.6. The molecule has 1 amide bonds. The Labute approximate surface area is 239 Å². The van der Waals surface area contributed by atoms with Crippen LogP contribution in [0.15, 0.2) is 90.5 Å². The van der Waals surface area contributed by atoms with Crippen LogP contribution in [0, 0.1) is 11.6 Å². The van der Waals surface area contributed by atoms with Crippen LogP contribution in [-0.4, -0.2) is 40.1 Å². The van der Waals surface area contributed by atoms with Gasteiger partial charge >= 0.3 is 5.69 Å². The number of aromatic nitrogens is 6. The molecule has 0 fully saturated rings. The Kier molecular flexibility index (Phi) is 7.57. The van der Waals surface area contributed by atoms with E-state index in [1.165, 1.54) is 28.2 Å². The predicted octanol–water partition coefficient (Wildman–Crippen LogP) is 4.04. The average molecular weight is 574 g/mol. The first-order chi connectivity index (χ1) is 19.9. The molecule has 0 spiro atoms. The third kappa shape index (κ3) is 6.03. The number of carbonyl (C=O) groups excluding carboxylic acids is 1. The van der Waals surface area contributed by atoms with Gasteiger partial charge in [-0.05, 0) is 53.4 Å². The monoisotopic (exact) mass is 573 g/mol. The highest BCUT2D eigenvalue weighted by Crippen LogP contribution is 2.28. The van der Waals surface area contributed by atoms with E-state index in [1.807, 2.05) is 12.1 Å². The number of nitrogens with zero attached hydrogens (tertiary/aromatic N) is 6. The second-order valence-corrected chi connectivity index (χ2v) is 11.0. The average Bonchev–Trinajstić information content (AvgIpc) is 3.58. The molecule has 12 heteroatoms. The molecule has 0 aliphatic heterocycles. The third-order valence-corrected chi connectivity index (χ3v) is 6.88. The Hall–Kier alpha value is -4.97. The summed E-state index contributed by atoms with van der Waals surface area (Å²) in [5.41, 5.74) is -0.268. The highest BCUT2D eigenvalue weighted by molar-refractivity contribution is 6.04. The predicted molar refractivity (Wildman–Crippen MR) is 151 cm³/mol. The smallest absolute Gasteiger partial charge is 0.350 e. The van der Waals surface area contributed by atoms with E-state index < -0.39 is 29.5 Å². The molecule has 2 aromatic heterocycles. The van der Waals surface area contributed by atoms with Gasteiger partial charge in [-0.3, -0.25) is 4.79 Å². The van der Waals surface area contributed by atoms with Gasteiger partial charge in [0.25, 0.3) is 5.91 Å². The molecule has 5 rings (SSSR count). The molecule has 0 aliphatic carbocycles. The SMILES string of the molecule is CC(C)(C)c1ccc(C(=O)Nc2ccc(-n3cnn(C[C@@](O)(Cn4cncn4)c4ccc(F)cc4F)c3=O)cc2)cc1. The number of benzene rings is 3. The van der Waals surface area contributed by atoms with E-state index in [2.05, 4.69) is 41.3 Å². The number of carbonyl (C=O) groups is 1. The minimum Gasteiger partial charge on any atom is -0.381 e. The second kappa shape index (κ2) is 11.1. The van der Waals surface area contributed by atoms with Crippen LogP contribution in [0.3, 0.4) is 0 Å². The van der Waals surface area contributed by atoms with Crippen molar-refractivity contribution in [1.29, 1.82) is 0 Å². The number of anilines is 1. The van der Waals surface area contributed by atoms with E-state index in [0.29, 0.717) is 23.0 Å². The molecule has 216 valence electrons. The summed E-state index contributed by atoms with van der Waals surface area (Å²) in [4.78, 5) is 29.8. The zero-order chi connectivity index (χ0) is 30.1. The zero-order valence-corrected chi connectivity index (χ0v) is 23.2. The van der Waals surface area contributed by atoms with Crippen molar-refractivity contribution < 1.29 is 18.7 Å². The lowest BCUT2D eigenvalue weighted by Gasteiger charge is -2.28. The van der Waals surface area contributed by atoms with Crippen molar-refractivity contribution in [3.05, 3.63) is 125 Å². The van der Waals surface area contributed by atoms with Crippen molar-refractivity contribution in [1.82, 2.24) is 29.1 Å². The Bertz CT molecular complexity index is 1760. The summed E-state index contributed by atoms with van der Waals surface area (Å²) < 4.78 is 31.9. The molecule has 1 atom stereocenters. The van der Waals surface area contributed by atoms with E-state index in [4.69, 9.17) is 0 Å². The number of hydrogen-bond acceptors (Lipinski definition) is 6. The summed E-state index contributed by atoms with van der Waals surface area (Å²) in [6.07, 6.45) is 3.84. The maximum absolute atomic E-state index is 14.8. The first-order valence-electron chi connectivity index (χ1n) is 13.1. The van der Waals surface area contributed by atoms with Crippen LogP contribution in [0.1, 0.15) is 42.3 Å². The fraction of sp³-hybridized carbons (Fsp3) is 0.233. The molecular weight excluding hydrogens is 544 g/mol. The first-order valence-corrected chi connectivity index (χ1v) is 13.1. The van der Waals surface area contributed by atoms with E-state index >= 15 is 0 Å². The van der Waals surface area contributed by atoms with Gasteiger partial charge in [0.1, 0.15) is 36.2 Å². The summed E-state index contributed by atoms with van der Waals surface area (Å²) in [6, 6.07) is 16.8. The van der Waals surface area contributed by atoms with Gasteiger partial charge in [-0.2, -0.15) is 10.2 Å². The zero-order valence-electron chi connectivity index (χ0n) is 23.2. The molecule has 0 radical (unpaired) electrons. The molecule has 3 aromatic carbocycles. The quantitative estimate of drug-likeness (QED) is 0.289. The van der Waals surface area contributed by atoms with Gasteiger partial charge in [-0.25, -0.2) is 32.5 Å². The molecule has 0 aliphatic rings. The lowest BCUT2D eigenvalue weighted by molar-refractivity contribution is -0.00948. The lowest BCUT2D eigenvalue weighted by Crippen LogP contribution is -2.41. The summed E-state index contributed by atoms with van der Waals surface area (Å²) >= 11 is 0. The van der Waals surface area contributed by atoms with Gasteiger partial charge < -0.3 is 10.4 Å². The molecule has 0 unspecified atom stereocenters. The van der Waals surface area contributed by atoms with Gasteiger partial charge in [0.15, 0.2) is 0 Å². The number of aliphatic hydroxyl groups is 1. The fourth-order valence-corrected chi connectivity index (χ4v) is 4.57. The van der Waals surface area contributed by atoms with Crippen molar-refractivity contribution in [3.63, 3.8) is 0 Å². The lowest BCUT2D eigenvalue weighted by atomic mass is 9.87.